The summed E-state index contributed by atoms with van der Waals surface area (Å²) >= 11 is 0. The van der Waals surface area contributed by atoms with Gasteiger partial charge in [0.1, 0.15) is 11.5 Å². The van der Waals surface area contributed by atoms with E-state index >= 15 is 0 Å². The van der Waals surface area contributed by atoms with Crippen LogP contribution in [0.5, 0.6) is 11.5 Å². The van der Waals surface area contributed by atoms with Crippen molar-refractivity contribution in [2.24, 2.45) is 0 Å². The molecular weight excluding hydrogens is 262 g/mol. The predicted molar refractivity (Wildman–Crippen MR) is 72.7 cm³/mol. The molecule has 1 aromatic carbocycles. The standard InChI is InChI=1S/C13H15N3O4/c1-4-13-14-5-6-15(13)9-7-11(19-2)12(20-3)8-10(9)16(17)18/h5-8H,4H2,1-3H3. The van der Waals surface area contributed by atoms with E-state index in [1.54, 1.807) is 23.0 Å². The molecule has 0 radical (unpaired) electrons. The van der Waals surface area contributed by atoms with E-state index in [0.29, 0.717) is 23.6 Å². The summed E-state index contributed by atoms with van der Waals surface area (Å²) in [4.78, 5) is 15.0. The number of nitro benzene ring substituents is 1. The number of methoxy groups -OCH3 is 2. The lowest BCUT2D eigenvalue weighted by Crippen LogP contribution is -2.04. The second-order valence-electron chi connectivity index (χ2n) is 4.02. The molecule has 0 spiro atoms. The fourth-order valence-corrected chi connectivity index (χ4v) is 2.01. The average Bonchev–Trinajstić information content (AvgIpc) is 2.93. The number of hydrogen-bond donors (Lipinski definition) is 0. The van der Waals surface area contributed by atoms with Gasteiger partial charge in [-0.15, -0.1) is 0 Å². The Morgan fingerprint density at radius 3 is 2.50 bits per heavy atom. The third-order valence-electron chi connectivity index (χ3n) is 2.97. The predicted octanol–water partition coefficient (Wildman–Crippen LogP) is 2.36. The quantitative estimate of drug-likeness (QED) is 0.619. The number of aromatic nitrogens is 2. The van der Waals surface area contributed by atoms with Gasteiger partial charge in [-0.05, 0) is 0 Å². The molecule has 0 amide bonds. The van der Waals surface area contributed by atoms with Gasteiger partial charge in [0, 0.05) is 24.9 Å². The molecule has 7 nitrogen and oxygen atoms in total. The minimum absolute atomic E-state index is 0.0599. The van der Waals surface area contributed by atoms with Gasteiger partial charge in [0.15, 0.2) is 11.5 Å². The Morgan fingerprint density at radius 1 is 1.30 bits per heavy atom. The van der Waals surface area contributed by atoms with Gasteiger partial charge in [0.25, 0.3) is 5.69 Å². The molecule has 2 rings (SSSR count). The number of rotatable bonds is 5. The topological polar surface area (TPSA) is 79.4 Å². The lowest BCUT2D eigenvalue weighted by atomic mass is 10.2. The third-order valence-corrected chi connectivity index (χ3v) is 2.97. The van der Waals surface area contributed by atoms with E-state index in [0.717, 1.165) is 5.82 Å². The number of nitrogens with zero attached hydrogens (tertiary/aromatic N) is 3. The van der Waals surface area contributed by atoms with E-state index < -0.39 is 4.92 Å². The van der Waals surface area contributed by atoms with Gasteiger partial charge in [-0.3, -0.25) is 14.7 Å². The third kappa shape index (κ3) is 2.29. The van der Waals surface area contributed by atoms with Crippen LogP contribution in [-0.4, -0.2) is 28.7 Å². The van der Waals surface area contributed by atoms with Gasteiger partial charge in [0.05, 0.1) is 25.2 Å². The molecule has 0 atom stereocenters. The highest BCUT2D eigenvalue weighted by molar-refractivity contribution is 5.62. The van der Waals surface area contributed by atoms with Crippen LogP contribution in [0.1, 0.15) is 12.7 Å². The Labute approximate surface area is 115 Å². The van der Waals surface area contributed by atoms with Gasteiger partial charge in [-0.1, -0.05) is 6.92 Å². The van der Waals surface area contributed by atoms with Crippen molar-refractivity contribution in [1.82, 2.24) is 9.55 Å². The largest absolute Gasteiger partial charge is 0.493 e. The highest BCUT2D eigenvalue weighted by Crippen LogP contribution is 2.36. The van der Waals surface area contributed by atoms with Crippen LogP contribution in [-0.2, 0) is 6.42 Å². The molecule has 20 heavy (non-hydrogen) atoms. The smallest absolute Gasteiger partial charge is 0.297 e. The fraction of sp³-hybridized carbons (Fsp3) is 0.308. The Balaban J connectivity index is 2.70. The summed E-state index contributed by atoms with van der Waals surface area (Å²) in [7, 11) is 2.93. The van der Waals surface area contributed by atoms with Crippen molar-refractivity contribution in [2.75, 3.05) is 14.2 Å². The van der Waals surface area contributed by atoms with E-state index in [9.17, 15) is 10.1 Å². The minimum atomic E-state index is -0.448. The SMILES string of the molecule is CCc1nccn1-c1cc(OC)c(OC)cc1[N+](=O)[O-]. The first-order chi connectivity index (χ1) is 9.62. The minimum Gasteiger partial charge on any atom is -0.493 e. The van der Waals surface area contributed by atoms with Crippen molar-refractivity contribution < 1.29 is 14.4 Å². The first kappa shape index (κ1) is 13.9. The highest BCUT2D eigenvalue weighted by atomic mass is 16.6. The summed E-state index contributed by atoms with van der Waals surface area (Å²) < 4.78 is 12.0. The molecule has 0 bridgehead atoms. The summed E-state index contributed by atoms with van der Waals surface area (Å²) in [6.45, 7) is 1.94. The molecule has 0 saturated heterocycles. The number of aryl methyl sites for hydroxylation is 1. The first-order valence-corrected chi connectivity index (χ1v) is 6.05. The molecule has 0 aliphatic heterocycles. The molecule has 0 saturated carbocycles. The van der Waals surface area contributed by atoms with Crippen molar-refractivity contribution in [2.45, 2.75) is 13.3 Å². The van der Waals surface area contributed by atoms with Crippen LogP contribution in [0.4, 0.5) is 5.69 Å². The molecule has 0 unspecified atom stereocenters. The second kappa shape index (κ2) is 5.60. The van der Waals surface area contributed by atoms with E-state index in [-0.39, 0.29) is 5.69 Å². The summed E-state index contributed by atoms with van der Waals surface area (Å²) in [5.41, 5.74) is 0.345. The first-order valence-electron chi connectivity index (χ1n) is 6.05. The van der Waals surface area contributed by atoms with Gasteiger partial charge < -0.3 is 9.47 Å². The molecule has 0 aliphatic carbocycles. The molecule has 7 heteroatoms. The van der Waals surface area contributed by atoms with E-state index in [1.807, 2.05) is 6.92 Å². The van der Waals surface area contributed by atoms with Crippen LogP contribution < -0.4 is 9.47 Å². The number of imidazole rings is 1. The zero-order valence-corrected chi connectivity index (χ0v) is 11.5. The Kier molecular flexibility index (Phi) is 3.88. The van der Waals surface area contributed by atoms with Crippen molar-refractivity contribution in [3.05, 3.63) is 40.5 Å². The number of nitro groups is 1. The maximum atomic E-state index is 11.3. The van der Waals surface area contributed by atoms with Crippen LogP contribution in [0.2, 0.25) is 0 Å². The van der Waals surface area contributed by atoms with Crippen LogP contribution >= 0.6 is 0 Å². The molecule has 2 aromatic rings. The Hall–Kier alpha value is -2.57. The second-order valence-corrected chi connectivity index (χ2v) is 4.02. The van der Waals surface area contributed by atoms with Crippen molar-refractivity contribution in [3.8, 4) is 17.2 Å². The van der Waals surface area contributed by atoms with Gasteiger partial charge in [-0.25, -0.2) is 4.98 Å². The molecule has 0 fully saturated rings. The maximum absolute atomic E-state index is 11.3. The molecule has 106 valence electrons. The fourth-order valence-electron chi connectivity index (χ4n) is 2.01. The van der Waals surface area contributed by atoms with Crippen molar-refractivity contribution >= 4 is 5.69 Å². The van der Waals surface area contributed by atoms with Crippen LogP contribution in [0.3, 0.4) is 0 Å². The normalized spacial score (nSPS) is 10.3. The highest BCUT2D eigenvalue weighted by Gasteiger charge is 2.22. The van der Waals surface area contributed by atoms with Crippen LogP contribution in [0.25, 0.3) is 5.69 Å². The van der Waals surface area contributed by atoms with Gasteiger partial charge >= 0.3 is 0 Å². The van der Waals surface area contributed by atoms with E-state index in [4.69, 9.17) is 9.47 Å². The number of hydrogen-bond acceptors (Lipinski definition) is 5. The Bertz CT molecular complexity index is 637. The Morgan fingerprint density at radius 2 is 1.95 bits per heavy atom. The lowest BCUT2D eigenvalue weighted by Gasteiger charge is -2.12. The number of benzene rings is 1. The molecule has 0 aliphatic rings. The van der Waals surface area contributed by atoms with Crippen LogP contribution in [0, 0.1) is 10.1 Å². The molecular formula is C13H15N3O4. The molecule has 1 aromatic heterocycles. The monoisotopic (exact) mass is 277 g/mol. The summed E-state index contributed by atoms with van der Waals surface area (Å²) in [5.74, 6) is 1.49. The summed E-state index contributed by atoms with van der Waals surface area (Å²) in [6, 6.07) is 2.94. The zero-order chi connectivity index (χ0) is 14.7. The summed E-state index contributed by atoms with van der Waals surface area (Å²) in [5, 5.41) is 11.3. The lowest BCUT2D eigenvalue weighted by molar-refractivity contribution is -0.384. The molecule has 0 N–H and O–H groups in total. The van der Waals surface area contributed by atoms with Crippen LogP contribution in [0.15, 0.2) is 24.5 Å². The van der Waals surface area contributed by atoms with Crippen molar-refractivity contribution in [3.63, 3.8) is 0 Å². The number of ether oxygens (including phenoxy) is 2. The van der Waals surface area contributed by atoms with Gasteiger partial charge in [-0.2, -0.15) is 0 Å². The van der Waals surface area contributed by atoms with Gasteiger partial charge in [0.2, 0.25) is 0 Å². The zero-order valence-electron chi connectivity index (χ0n) is 11.5. The van der Waals surface area contributed by atoms with E-state index in [2.05, 4.69) is 4.98 Å². The molecule has 1 heterocycles. The maximum Gasteiger partial charge on any atom is 0.297 e. The average molecular weight is 277 g/mol. The summed E-state index contributed by atoms with van der Waals surface area (Å²) in [6.07, 6.45) is 3.96. The van der Waals surface area contributed by atoms with E-state index in [1.165, 1.54) is 20.3 Å². The van der Waals surface area contributed by atoms with Crippen molar-refractivity contribution in [1.29, 1.82) is 0 Å².